The van der Waals surface area contributed by atoms with Crippen LogP contribution in [0.3, 0.4) is 0 Å². The molecule has 0 aromatic heterocycles. The summed E-state index contributed by atoms with van der Waals surface area (Å²) in [7, 11) is 0. The summed E-state index contributed by atoms with van der Waals surface area (Å²) in [5.74, 6) is -1.67. The van der Waals surface area contributed by atoms with Crippen molar-refractivity contribution in [1.82, 2.24) is 5.32 Å². The van der Waals surface area contributed by atoms with E-state index in [2.05, 4.69) is 37.2 Å². The standard InChI is InChI=1S/C17H8Br2Cl2N2O4/c18-10-4-7(5-11(19)14(10)24)3-9-15(25)22-17(27)23(16(9)26)8-1-2-12(20)13(21)6-8/h1-6,24H,(H,22,25,27)/b9-3+. The fraction of sp³-hybridized carbons (Fsp3) is 0. The number of amides is 4. The number of phenolic OH excluding ortho intramolecular Hbond substituents is 1. The highest BCUT2D eigenvalue weighted by Gasteiger charge is 2.37. The van der Waals surface area contributed by atoms with E-state index in [1.807, 2.05) is 0 Å². The smallest absolute Gasteiger partial charge is 0.335 e. The molecule has 0 radical (unpaired) electrons. The lowest BCUT2D eigenvalue weighted by atomic mass is 10.1. The minimum Gasteiger partial charge on any atom is -0.506 e. The normalized spacial score (nSPS) is 16.1. The number of imide groups is 2. The largest absolute Gasteiger partial charge is 0.506 e. The second-order valence-electron chi connectivity index (χ2n) is 5.39. The molecule has 0 bridgehead atoms. The van der Waals surface area contributed by atoms with Gasteiger partial charge in [-0.3, -0.25) is 14.9 Å². The van der Waals surface area contributed by atoms with Crippen LogP contribution in [0.1, 0.15) is 5.56 Å². The van der Waals surface area contributed by atoms with Crippen LogP contribution in [0, 0.1) is 0 Å². The summed E-state index contributed by atoms with van der Waals surface area (Å²) in [6, 6.07) is 6.37. The van der Waals surface area contributed by atoms with Gasteiger partial charge in [-0.05, 0) is 73.8 Å². The summed E-state index contributed by atoms with van der Waals surface area (Å²) < 4.78 is 0.731. The summed E-state index contributed by atoms with van der Waals surface area (Å²) in [5, 5.41) is 12.3. The second-order valence-corrected chi connectivity index (χ2v) is 7.91. The lowest BCUT2D eigenvalue weighted by Gasteiger charge is -2.26. The molecule has 138 valence electrons. The average Bonchev–Trinajstić information content (AvgIpc) is 2.59. The Morgan fingerprint density at radius 3 is 2.22 bits per heavy atom. The van der Waals surface area contributed by atoms with Gasteiger partial charge in [-0.2, -0.15) is 0 Å². The van der Waals surface area contributed by atoms with Gasteiger partial charge in [-0.1, -0.05) is 23.2 Å². The third-order valence-corrected chi connectivity index (χ3v) is 5.56. The summed E-state index contributed by atoms with van der Waals surface area (Å²) in [4.78, 5) is 38.0. The predicted molar refractivity (Wildman–Crippen MR) is 109 cm³/mol. The van der Waals surface area contributed by atoms with Gasteiger partial charge < -0.3 is 5.11 Å². The van der Waals surface area contributed by atoms with Crippen LogP contribution in [0.2, 0.25) is 10.0 Å². The van der Waals surface area contributed by atoms with Crippen molar-refractivity contribution in [2.24, 2.45) is 0 Å². The number of halogens is 4. The highest BCUT2D eigenvalue weighted by Crippen LogP contribution is 2.34. The summed E-state index contributed by atoms with van der Waals surface area (Å²) in [6.45, 7) is 0. The van der Waals surface area contributed by atoms with Crippen molar-refractivity contribution in [1.29, 1.82) is 0 Å². The molecule has 6 nitrogen and oxygen atoms in total. The van der Waals surface area contributed by atoms with Crippen molar-refractivity contribution in [2.45, 2.75) is 0 Å². The maximum absolute atomic E-state index is 12.8. The minimum atomic E-state index is -0.895. The number of urea groups is 1. The van der Waals surface area contributed by atoms with E-state index >= 15 is 0 Å². The molecule has 0 aliphatic carbocycles. The van der Waals surface area contributed by atoms with Crippen LogP contribution in [-0.2, 0) is 9.59 Å². The Kier molecular flexibility index (Phi) is 5.62. The van der Waals surface area contributed by atoms with Crippen LogP contribution in [0.15, 0.2) is 44.9 Å². The van der Waals surface area contributed by atoms with E-state index in [-0.39, 0.29) is 27.1 Å². The van der Waals surface area contributed by atoms with Crippen molar-refractivity contribution in [3.63, 3.8) is 0 Å². The van der Waals surface area contributed by atoms with E-state index in [1.54, 1.807) is 0 Å². The van der Waals surface area contributed by atoms with E-state index in [0.29, 0.717) is 14.5 Å². The number of nitrogens with one attached hydrogen (secondary N) is 1. The van der Waals surface area contributed by atoms with Gasteiger partial charge in [0, 0.05) is 0 Å². The fourth-order valence-electron chi connectivity index (χ4n) is 2.35. The molecule has 2 N–H and O–H groups in total. The third-order valence-electron chi connectivity index (χ3n) is 3.61. The lowest BCUT2D eigenvalue weighted by Crippen LogP contribution is -2.54. The van der Waals surface area contributed by atoms with Crippen LogP contribution in [0.5, 0.6) is 5.75 Å². The van der Waals surface area contributed by atoms with Gasteiger partial charge in [0.1, 0.15) is 11.3 Å². The fourth-order valence-corrected chi connectivity index (χ4v) is 3.87. The molecular weight excluding hydrogens is 527 g/mol. The first-order chi connectivity index (χ1) is 12.7. The van der Waals surface area contributed by atoms with Crippen molar-refractivity contribution in [3.05, 3.63) is 60.5 Å². The number of hydrogen-bond donors (Lipinski definition) is 2. The topological polar surface area (TPSA) is 86.7 Å². The van der Waals surface area contributed by atoms with Crippen LogP contribution in [0.4, 0.5) is 10.5 Å². The molecule has 1 aliphatic heterocycles. The Bertz CT molecular complexity index is 1020. The first kappa shape index (κ1) is 19.9. The maximum atomic E-state index is 12.8. The third kappa shape index (κ3) is 3.89. The second kappa shape index (κ2) is 7.63. The number of phenols is 1. The molecule has 1 fully saturated rings. The van der Waals surface area contributed by atoms with Crippen molar-refractivity contribution < 1.29 is 19.5 Å². The quantitative estimate of drug-likeness (QED) is 0.424. The van der Waals surface area contributed by atoms with E-state index < -0.39 is 17.8 Å². The first-order valence-corrected chi connectivity index (χ1v) is 9.57. The molecule has 0 saturated carbocycles. The minimum absolute atomic E-state index is 0.0239. The first-order valence-electron chi connectivity index (χ1n) is 7.23. The molecule has 3 rings (SSSR count). The SMILES string of the molecule is O=C1NC(=O)N(c2ccc(Cl)c(Cl)c2)C(=O)/C1=C/c1cc(Br)c(O)c(Br)c1. The molecule has 0 spiro atoms. The number of nitrogens with zero attached hydrogens (tertiary/aromatic N) is 1. The summed E-state index contributed by atoms with van der Waals surface area (Å²) >= 11 is 18.2. The van der Waals surface area contributed by atoms with Crippen LogP contribution >= 0.6 is 55.1 Å². The van der Waals surface area contributed by atoms with Crippen molar-refractivity contribution in [3.8, 4) is 5.75 Å². The molecule has 27 heavy (non-hydrogen) atoms. The highest BCUT2D eigenvalue weighted by atomic mass is 79.9. The molecule has 1 saturated heterocycles. The Labute approximate surface area is 180 Å². The van der Waals surface area contributed by atoms with E-state index in [9.17, 15) is 19.5 Å². The molecule has 0 atom stereocenters. The number of carbonyl (C=O) groups excluding carboxylic acids is 3. The van der Waals surface area contributed by atoms with Crippen molar-refractivity contribution >= 4 is 84.7 Å². The predicted octanol–water partition coefficient (Wildman–Crippen LogP) is 4.89. The van der Waals surface area contributed by atoms with Gasteiger partial charge in [-0.25, -0.2) is 9.69 Å². The Balaban J connectivity index is 2.06. The van der Waals surface area contributed by atoms with E-state index in [0.717, 1.165) is 4.90 Å². The molecule has 1 aliphatic rings. The highest BCUT2D eigenvalue weighted by molar-refractivity contribution is 9.11. The van der Waals surface area contributed by atoms with Crippen LogP contribution < -0.4 is 10.2 Å². The zero-order chi connectivity index (χ0) is 19.9. The van der Waals surface area contributed by atoms with Gasteiger partial charge in [0.05, 0.1) is 24.7 Å². The van der Waals surface area contributed by atoms with Crippen molar-refractivity contribution in [2.75, 3.05) is 4.90 Å². The number of benzene rings is 2. The molecular formula is C17H8Br2Cl2N2O4. The molecule has 2 aromatic carbocycles. The lowest BCUT2D eigenvalue weighted by molar-refractivity contribution is -0.122. The van der Waals surface area contributed by atoms with E-state index in [4.69, 9.17) is 23.2 Å². The van der Waals surface area contributed by atoms with Gasteiger partial charge in [0.15, 0.2) is 0 Å². The van der Waals surface area contributed by atoms with Gasteiger partial charge in [-0.15, -0.1) is 0 Å². The number of carbonyl (C=O) groups is 3. The number of rotatable bonds is 2. The maximum Gasteiger partial charge on any atom is 0.335 e. The van der Waals surface area contributed by atoms with Gasteiger partial charge in [0.25, 0.3) is 11.8 Å². The monoisotopic (exact) mass is 532 g/mol. The van der Waals surface area contributed by atoms with Gasteiger partial charge in [0.2, 0.25) is 0 Å². The number of anilines is 1. The van der Waals surface area contributed by atoms with Crippen LogP contribution in [0.25, 0.3) is 6.08 Å². The molecule has 4 amide bonds. The molecule has 10 heteroatoms. The number of barbiturate groups is 1. The Morgan fingerprint density at radius 1 is 1.00 bits per heavy atom. The van der Waals surface area contributed by atoms with Gasteiger partial charge >= 0.3 is 6.03 Å². The molecule has 0 unspecified atom stereocenters. The zero-order valence-electron chi connectivity index (χ0n) is 13.1. The average molecular weight is 535 g/mol. The number of hydrogen-bond acceptors (Lipinski definition) is 4. The Hall–Kier alpha value is -1.87. The summed E-state index contributed by atoms with van der Waals surface area (Å²) in [6.07, 6.45) is 1.31. The molecule has 1 heterocycles. The van der Waals surface area contributed by atoms with E-state index in [1.165, 1.54) is 36.4 Å². The Morgan fingerprint density at radius 2 is 1.63 bits per heavy atom. The molecule has 2 aromatic rings. The van der Waals surface area contributed by atoms with Crippen LogP contribution in [-0.4, -0.2) is 23.0 Å². The number of aromatic hydroxyl groups is 1. The zero-order valence-corrected chi connectivity index (χ0v) is 17.8. The summed E-state index contributed by atoms with van der Waals surface area (Å²) in [5.41, 5.74) is 0.358.